The Morgan fingerprint density at radius 3 is 3.05 bits per heavy atom. The lowest BCUT2D eigenvalue weighted by atomic mass is 10.0. The van der Waals surface area contributed by atoms with Gasteiger partial charge in [-0.05, 0) is 46.8 Å². The van der Waals surface area contributed by atoms with Gasteiger partial charge in [-0.2, -0.15) is 0 Å². The highest BCUT2D eigenvalue weighted by Gasteiger charge is 2.21. The number of halogens is 2. The van der Waals surface area contributed by atoms with Crippen molar-refractivity contribution in [1.29, 1.82) is 0 Å². The smallest absolute Gasteiger partial charge is 0.255 e. The van der Waals surface area contributed by atoms with E-state index in [-0.39, 0.29) is 5.91 Å². The molecule has 104 valence electrons. The highest BCUT2D eigenvalue weighted by atomic mass is 79.9. The number of carbonyl (C=O) groups excluding carboxylic acids is 1. The van der Waals surface area contributed by atoms with Crippen LogP contribution in [0.2, 0.25) is 5.02 Å². The predicted octanol–water partition coefficient (Wildman–Crippen LogP) is 3.60. The molecule has 1 amide bonds. The number of rotatable bonds is 3. The highest BCUT2D eigenvalue weighted by Crippen LogP contribution is 2.27. The fourth-order valence-corrected chi connectivity index (χ4v) is 2.87. The Kier molecular flexibility index (Phi) is 5.25. The third-order valence-corrected chi connectivity index (χ3v) is 4.61. The number of amides is 1. The molecule has 0 saturated carbocycles. The summed E-state index contributed by atoms with van der Waals surface area (Å²) in [5.41, 5.74) is 0.537. The van der Waals surface area contributed by atoms with E-state index in [1.807, 2.05) is 19.2 Å². The lowest BCUT2D eigenvalue weighted by Gasteiger charge is -2.27. The van der Waals surface area contributed by atoms with Gasteiger partial charge in [-0.3, -0.25) is 4.79 Å². The fourth-order valence-electron chi connectivity index (χ4n) is 2.30. The maximum Gasteiger partial charge on any atom is 0.255 e. The van der Waals surface area contributed by atoms with Gasteiger partial charge in [0.2, 0.25) is 0 Å². The molecule has 19 heavy (non-hydrogen) atoms. The molecule has 1 aliphatic heterocycles. The molecule has 5 heteroatoms. The van der Waals surface area contributed by atoms with Crippen LogP contribution in [-0.2, 0) is 4.74 Å². The molecule has 2 rings (SSSR count). The zero-order chi connectivity index (χ0) is 13.8. The summed E-state index contributed by atoms with van der Waals surface area (Å²) in [5, 5.41) is 0.472. The van der Waals surface area contributed by atoms with Gasteiger partial charge in [0, 0.05) is 24.7 Å². The molecule has 1 aliphatic rings. The van der Waals surface area contributed by atoms with Crippen LogP contribution < -0.4 is 0 Å². The van der Waals surface area contributed by atoms with Crippen LogP contribution in [0.3, 0.4) is 0 Å². The molecule has 0 N–H and O–H groups in total. The molecule has 1 atom stereocenters. The second kappa shape index (κ2) is 6.73. The molecule has 1 fully saturated rings. The summed E-state index contributed by atoms with van der Waals surface area (Å²) in [6.45, 7) is 2.29. The van der Waals surface area contributed by atoms with Crippen LogP contribution in [0.15, 0.2) is 22.7 Å². The molecule has 0 aromatic heterocycles. The van der Waals surface area contributed by atoms with E-state index in [1.165, 1.54) is 0 Å². The lowest BCUT2D eigenvalue weighted by molar-refractivity contribution is 0.0388. The van der Waals surface area contributed by atoms with E-state index in [9.17, 15) is 4.79 Å². The summed E-state index contributed by atoms with van der Waals surface area (Å²) in [7, 11) is 1.81. The van der Waals surface area contributed by atoms with Crippen LogP contribution in [0, 0.1) is 5.92 Å². The Labute approximate surface area is 127 Å². The number of ether oxygens (including phenoxy) is 1. The number of hydrogen-bond donors (Lipinski definition) is 0. The molecule has 0 aliphatic carbocycles. The van der Waals surface area contributed by atoms with Crippen LogP contribution in [0.1, 0.15) is 23.2 Å². The van der Waals surface area contributed by atoms with E-state index in [4.69, 9.17) is 16.3 Å². The molecule has 1 unspecified atom stereocenters. The van der Waals surface area contributed by atoms with Crippen molar-refractivity contribution in [3.05, 3.63) is 33.3 Å². The summed E-state index contributed by atoms with van der Waals surface area (Å²) in [4.78, 5) is 14.1. The first-order chi connectivity index (χ1) is 9.09. The number of nitrogens with zero attached hydrogens (tertiary/aromatic N) is 1. The minimum absolute atomic E-state index is 0.0446. The van der Waals surface area contributed by atoms with Gasteiger partial charge in [0.25, 0.3) is 5.91 Å². The molecule has 3 nitrogen and oxygen atoms in total. The van der Waals surface area contributed by atoms with Gasteiger partial charge in [-0.15, -0.1) is 0 Å². The first-order valence-electron chi connectivity index (χ1n) is 6.37. The Morgan fingerprint density at radius 2 is 2.37 bits per heavy atom. The Morgan fingerprint density at radius 1 is 1.58 bits per heavy atom. The van der Waals surface area contributed by atoms with Gasteiger partial charge < -0.3 is 9.64 Å². The van der Waals surface area contributed by atoms with Gasteiger partial charge in [-0.25, -0.2) is 0 Å². The molecule has 0 radical (unpaired) electrons. The molecule has 0 bridgehead atoms. The number of hydrogen-bond acceptors (Lipinski definition) is 2. The van der Waals surface area contributed by atoms with Crippen LogP contribution in [0.5, 0.6) is 0 Å². The molecule has 1 heterocycles. The van der Waals surface area contributed by atoms with Crippen molar-refractivity contribution in [1.82, 2.24) is 4.90 Å². The van der Waals surface area contributed by atoms with Crippen molar-refractivity contribution in [3.8, 4) is 0 Å². The van der Waals surface area contributed by atoms with E-state index in [0.717, 1.165) is 30.5 Å². The van der Waals surface area contributed by atoms with Gasteiger partial charge in [0.1, 0.15) is 0 Å². The fraction of sp³-hybridized carbons (Fsp3) is 0.500. The average Bonchev–Trinajstić information content (AvgIpc) is 2.42. The van der Waals surface area contributed by atoms with E-state index in [1.54, 1.807) is 11.0 Å². The largest absolute Gasteiger partial charge is 0.381 e. The number of benzene rings is 1. The maximum absolute atomic E-state index is 12.4. The zero-order valence-electron chi connectivity index (χ0n) is 10.9. The summed E-state index contributed by atoms with van der Waals surface area (Å²) >= 11 is 9.50. The van der Waals surface area contributed by atoms with Gasteiger partial charge >= 0.3 is 0 Å². The summed E-state index contributed by atoms with van der Waals surface area (Å²) in [6.07, 6.45) is 2.19. The third kappa shape index (κ3) is 3.71. The molecular weight excluding hydrogens is 330 g/mol. The Balaban J connectivity index is 2.03. The quantitative estimate of drug-likeness (QED) is 0.837. The minimum Gasteiger partial charge on any atom is -0.381 e. The second-order valence-corrected chi connectivity index (χ2v) is 6.10. The van der Waals surface area contributed by atoms with Crippen LogP contribution in [0.25, 0.3) is 0 Å². The SMILES string of the molecule is CN(CC1CCCOC1)C(=O)c1cccc(Br)c1Cl. The van der Waals surface area contributed by atoms with Crippen molar-refractivity contribution in [3.63, 3.8) is 0 Å². The third-order valence-electron chi connectivity index (χ3n) is 3.32. The maximum atomic E-state index is 12.4. The van der Waals surface area contributed by atoms with E-state index >= 15 is 0 Å². The number of carbonyl (C=O) groups is 1. The Hall–Kier alpha value is -0.580. The van der Waals surface area contributed by atoms with Gasteiger partial charge in [0.05, 0.1) is 17.2 Å². The van der Waals surface area contributed by atoms with Gasteiger partial charge in [0.15, 0.2) is 0 Å². The molecular formula is C14H17BrClNO2. The monoisotopic (exact) mass is 345 g/mol. The lowest BCUT2D eigenvalue weighted by Crippen LogP contribution is -2.35. The zero-order valence-corrected chi connectivity index (χ0v) is 13.2. The molecule has 1 saturated heterocycles. The van der Waals surface area contributed by atoms with E-state index < -0.39 is 0 Å². The first-order valence-corrected chi connectivity index (χ1v) is 7.54. The van der Waals surface area contributed by atoms with Gasteiger partial charge in [-0.1, -0.05) is 17.7 Å². The standard InChI is InChI=1S/C14H17BrClNO2/c1-17(8-10-4-3-7-19-9-10)14(18)11-5-2-6-12(15)13(11)16/h2,5-6,10H,3-4,7-9H2,1H3. The van der Waals surface area contributed by atoms with Crippen molar-refractivity contribution >= 4 is 33.4 Å². The molecule has 1 aromatic rings. The van der Waals surface area contributed by atoms with Crippen molar-refractivity contribution < 1.29 is 9.53 Å². The second-order valence-electron chi connectivity index (χ2n) is 4.87. The molecule has 1 aromatic carbocycles. The average molecular weight is 347 g/mol. The van der Waals surface area contributed by atoms with Crippen LogP contribution in [-0.4, -0.2) is 37.6 Å². The highest BCUT2D eigenvalue weighted by molar-refractivity contribution is 9.10. The minimum atomic E-state index is -0.0446. The van der Waals surface area contributed by atoms with Crippen molar-refractivity contribution in [2.75, 3.05) is 26.8 Å². The van der Waals surface area contributed by atoms with Crippen molar-refractivity contribution in [2.45, 2.75) is 12.8 Å². The Bertz CT molecular complexity index is 461. The van der Waals surface area contributed by atoms with Crippen LogP contribution >= 0.6 is 27.5 Å². The first kappa shape index (κ1) is 14.8. The summed E-state index contributed by atoms with van der Waals surface area (Å²) in [6, 6.07) is 5.40. The van der Waals surface area contributed by atoms with Crippen molar-refractivity contribution in [2.24, 2.45) is 5.92 Å². The summed E-state index contributed by atoms with van der Waals surface area (Å²) < 4.78 is 6.18. The summed E-state index contributed by atoms with van der Waals surface area (Å²) in [5.74, 6) is 0.380. The molecule has 0 spiro atoms. The van der Waals surface area contributed by atoms with E-state index in [2.05, 4.69) is 15.9 Å². The topological polar surface area (TPSA) is 29.5 Å². The predicted molar refractivity (Wildman–Crippen MR) is 79.7 cm³/mol. The van der Waals surface area contributed by atoms with E-state index in [0.29, 0.717) is 23.0 Å². The normalized spacial score (nSPS) is 19.2. The van der Waals surface area contributed by atoms with Crippen LogP contribution in [0.4, 0.5) is 0 Å².